The Morgan fingerprint density at radius 1 is 1.04 bits per heavy atom. The van der Waals surface area contributed by atoms with Gasteiger partial charge in [0.25, 0.3) is 0 Å². The molecule has 0 fully saturated rings. The number of ether oxygens (including phenoxy) is 2. The molecule has 2 aromatic heterocycles. The monoisotopic (exact) mass is 432 g/mol. The lowest BCUT2D eigenvalue weighted by atomic mass is 10.1. The van der Waals surface area contributed by atoms with Gasteiger partial charge in [-0.25, -0.2) is 4.98 Å². The van der Waals surface area contributed by atoms with Gasteiger partial charge in [-0.3, -0.25) is 4.90 Å². The van der Waals surface area contributed by atoms with Crippen LogP contribution in [0.3, 0.4) is 0 Å². The third-order valence-corrected chi connectivity index (χ3v) is 4.98. The van der Waals surface area contributed by atoms with E-state index >= 15 is 0 Å². The summed E-state index contributed by atoms with van der Waals surface area (Å²) in [5.74, 6) is 0. The van der Waals surface area contributed by atoms with E-state index in [1.807, 2.05) is 30.5 Å². The number of hydrogen-bond donors (Lipinski definition) is 1. The summed E-state index contributed by atoms with van der Waals surface area (Å²) in [5.41, 5.74) is 10.8. The molecule has 144 valence electrons. The lowest BCUT2D eigenvalue weighted by Crippen LogP contribution is -2.31. The molecule has 2 N–H and O–H groups in total. The highest BCUT2D eigenvalue weighted by Crippen LogP contribution is 2.27. The quantitative estimate of drug-likeness (QED) is 0.560. The van der Waals surface area contributed by atoms with E-state index in [-0.39, 0.29) is 0 Å². The molecule has 0 atom stereocenters. The second-order valence-corrected chi connectivity index (χ2v) is 7.28. The number of nitrogens with two attached hydrogens (primary N) is 1. The third-order valence-electron chi connectivity index (χ3n) is 4.45. The van der Waals surface area contributed by atoms with Gasteiger partial charge in [0.2, 0.25) is 0 Å². The number of methoxy groups -OCH3 is 2. The van der Waals surface area contributed by atoms with Gasteiger partial charge in [0, 0.05) is 55.8 Å². The fourth-order valence-electron chi connectivity index (χ4n) is 3.02. The first kappa shape index (κ1) is 19.8. The van der Waals surface area contributed by atoms with E-state index < -0.39 is 0 Å². The van der Waals surface area contributed by atoms with E-state index in [4.69, 9.17) is 20.2 Å². The minimum absolute atomic E-state index is 0.663. The van der Waals surface area contributed by atoms with Crippen LogP contribution >= 0.6 is 15.9 Å². The number of fused-ring (bicyclic) bond motifs is 1. The van der Waals surface area contributed by atoms with E-state index in [0.717, 1.165) is 46.7 Å². The summed E-state index contributed by atoms with van der Waals surface area (Å²) in [6.07, 6.45) is 1.94. The molecule has 0 bridgehead atoms. The van der Waals surface area contributed by atoms with Crippen molar-refractivity contribution in [2.45, 2.75) is 6.54 Å². The number of aromatic nitrogens is 2. The maximum atomic E-state index is 6.04. The van der Waals surface area contributed by atoms with Gasteiger partial charge in [-0.05, 0) is 24.3 Å². The van der Waals surface area contributed by atoms with E-state index in [0.29, 0.717) is 18.9 Å². The van der Waals surface area contributed by atoms with E-state index in [2.05, 4.69) is 37.4 Å². The van der Waals surface area contributed by atoms with Gasteiger partial charge in [-0.1, -0.05) is 28.1 Å². The molecule has 2 heterocycles. The van der Waals surface area contributed by atoms with Crippen molar-refractivity contribution >= 4 is 27.3 Å². The lowest BCUT2D eigenvalue weighted by Gasteiger charge is -2.22. The molecule has 0 unspecified atom stereocenters. The number of rotatable bonds is 9. The molecule has 0 aliphatic rings. The molecule has 27 heavy (non-hydrogen) atoms. The first-order valence-electron chi connectivity index (χ1n) is 8.85. The van der Waals surface area contributed by atoms with Crippen molar-refractivity contribution in [3.05, 3.63) is 52.8 Å². The van der Waals surface area contributed by atoms with Crippen molar-refractivity contribution < 1.29 is 9.47 Å². The standard InChI is InChI=1S/C20H25BrN4O2/c1-26-11-9-24(10-12-27-2)14-18-20(15-3-5-16(21)6-4-15)23-19-8-7-17(22)13-25(18)19/h3-8,13H,9-12,14,22H2,1-2H3. The van der Waals surface area contributed by atoms with Gasteiger partial charge in [0.05, 0.1) is 24.6 Å². The lowest BCUT2D eigenvalue weighted by molar-refractivity contribution is 0.109. The molecule has 1 aromatic carbocycles. The summed E-state index contributed by atoms with van der Waals surface area (Å²) in [6.45, 7) is 3.68. The van der Waals surface area contributed by atoms with Crippen molar-refractivity contribution in [1.29, 1.82) is 0 Å². The van der Waals surface area contributed by atoms with Crippen molar-refractivity contribution in [3.8, 4) is 11.3 Å². The zero-order chi connectivity index (χ0) is 19.2. The number of imidazole rings is 1. The number of pyridine rings is 1. The van der Waals surface area contributed by atoms with Gasteiger partial charge in [0.1, 0.15) is 5.65 Å². The highest BCUT2D eigenvalue weighted by Gasteiger charge is 2.17. The molecular formula is C20H25BrN4O2. The van der Waals surface area contributed by atoms with Crippen LogP contribution in [-0.4, -0.2) is 54.8 Å². The van der Waals surface area contributed by atoms with Crippen LogP contribution in [0.1, 0.15) is 5.69 Å². The first-order chi connectivity index (χ1) is 13.1. The smallest absolute Gasteiger partial charge is 0.137 e. The average Bonchev–Trinajstić information content (AvgIpc) is 3.02. The van der Waals surface area contributed by atoms with Gasteiger partial charge in [0.15, 0.2) is 0 Å². The fraction of sp³-hybridized carbons (Fsp3) is 0.350. The van der Waals surface area contributed by atoms with Crippen LogP contribution in [-0.2, 0) is 16.0 Å². The van der Waals surface area contributed by atoms with Crippen LogP contribution in [0, 0.1) is 0 Å². The number of hydrogen-bond acceptors (Lipinski definition) is 5. The molecule has 0 spiro atoms. The Kier molecular flexibility index (Phi) is 6.84. The van der Waals surface area contributed by atoms with Gasteiger partial charge in [-0.2, -0.15) is 0 Å². The van der Waals surface area contributed by atoms with Gasteiger partial charge in [-0.15, -0.1) is 0 Å². The van der Waals surface area contributed by atoms with Crippen molar-refractivity contribution in [3.63, 3.8) is 0 Å². The van der Waals surface area contributed by atoms with Crippen LogP contribution in [0.4, 0.5) is 5.69 Å². The maximum Gasteiger partial charge on any atom is 0.137 e. The molecule has 0 aliphatic carbocycles. The molecule has 0 amide bonds. The third kappa shape index (κ3) is 4.87. The van der Waals surface area contributed by atoms with Crippen LogP contribution < -0.4 is 5.73 Å². The Balaban J connectivity index is 2.03. The number of halogens is 1. The van der Waals surface area contributed by atoms with Gasteiger partial charge >= 0.3 is 0 Å². The summed E-state index contributed by atoms with van der Waals surface area (Å²) < 4.78 is 13.7. The summed E-state index contributed by atoms with van der Waals surface area (Å²) in [5, 5.41) is 0. The molecule has 7 heteroatoms. The van der Waals surface area contributed by atoms with Crippen molar-refractivity contribution in [1.82, 2.24) is 14.3 Å². The summed E-state index contributed by atoms with van der Waals surface area (Å²) >= 11 is 3.50. The number of anilines is 1. The topological polar surface area (TPSA) is 65.0 Å². The zero-order valence-electron chi connectivity index (χ0n) is 15.7. The predicted molar refractivity (Wildman–Crippen MR) is 112 cm³/mol. The number of benzene rings is 1. The van der Waals surface area contributed by atoms with Crippen LogP contribution in [0.25, 0.3) is 16.9 Å². The fourth-order valence-corrected chi connectivity index (χ4v) is 3.29. The Bertz CT molecular complexity index is 872. The average molecular weight is 433 g/mol. The molecule has 0 radical (unpaired) electrons. The summed E-state index contributed by atoms with van der Waals surface area (Å²) in [7, 11) is 3.44. The van der Waals surface area contributed by atoms with E-state index in [9.17, 15) is 0 Å². The Morgan fingerprint density at radius 2 is 1.70 bits per heavy atom. The molecular weight excluding hydrogens is 408 g/mol. The summed E-state index contributed by atoms with van der Waals surface area (Å²) in [4.78, 5) is 7.18. The zero-order valence-corrected chi connectivity index (χ0v) is 17.3. The molecule has 3 rings (SSSR count). The van der Waals surface area contributed by atoms with E-state index in [1.165, 1.54) is 0 Å². The Morgan fingerprint density at radius 3 is 2.33 bits per heavy atom. The van der Waals surface area contributed by atoms with Crippen LogP contribution in [0.2, 0.25) is 0 Å². The SMILES string of the molecule is COCCN(CCOC)Cc1c(-c2ccc(Br)cc2)nc2ccc(N)cn12. The number of nitrogen functional groups attached to an aromatic ring is 1. The summed E-state index contributed by atoms with van der Waals surface area (Å²) in [6, 6.07) is 12.1. The first-order valence-corrected chi connectivity index (χ1v) is 9.64. The molecule has 0 aliphatic heterocycles. The van der Waals surface area contributed by atoms with E-state index in [1.54, 1.807) is 14.2 Å². The molecule has 3 aromatic rings. The molecule has 6 nitrogen and oxygen atoms in total. The maximum absolute atomic E-state index is 6.04. The van der Waals surface area contributed by atoms with Crippen LogP contribution in [0.15, 0.2) is 47.1 Å². The van der Waals surface area contributed by atoms with Crippen molar-refractivity contribution in [2.75, 3.05) is 46.3 Å². The predicted octanol–water partition coefficient (Wildman–Crippen LogP) is 3.44. The number of nitrogens with zero attached hydrogens (tertiary/aromatic N) is 3. The van der Waals surface area contributed by atoms with Crippen LogP contribution in [0.5, 0.6) is 0 Å². The highest BCUT2D eigenvalue weighted by atomic mass is 79.9. The minimum Gasteiger partial charge on any atom is -0.398 e. The highest BCUT2D eigenvalue weighted by molar-refractivity contribution is 9.10. The van der Waals surface area contributed by atoms with Gasteiger partial charge < -0.3 is 19.6 Å². The van der Waals surface area contributed by atoms with Crippen molar-refractivity contribution in [2.24, 2.45) is 0 Å². The minimum atomic E-state index is 0.663. The second-order valence-electron chi connectivity index (χ2n) is 6.37. The second kappa shape index (κ2) is 9.32. The Labute approximate surface area is 168 Å². The normalized spacial score (nSPS) is 11.6. The molecule has 0 saturated heterocycles. The Hall–Kier alpha value is -1.93. The largest absolute Gasteiger partial charge is 0.398 e. The molecule has 0 saturated carbocycles.